The number of carbonyl (C=O) groups excluding carboxylic acids is 1. The second-order valence-electron chi connectivity index (χ2n) is 2.85. The van der Waals surface area contributed by atoms with Gasteiger partial charge >= 0.3 is 0 Å². The third-order valence-corrected chi connectivity index (χ3v) is 1.89. The number of hydrogen-bond donors (Lipinski definition) is 0. The van der Waals surface area contributed by atoms with Crippen molar-refractivity contribution in [3.8, 4) is 6.07 Å². The Bertz CT molecular complexity index is 204. The summed E-state index contributed by atoms with van der Waals surface area (Å²) in [5.74, 6) is -0.0750. The zero-order valence-corrected chi connectivity index (χ0v) is 7.12. The van der Waals surface area contributed by atoms with Crippen molar-refractivity contribution in [2.45, 2.75) is 18.9 Å². The molecule has 1 amide bonds. The summed E-state index contributed by atoms with van der Waals surface area (Å²) < 4.78 is 5.18. The third-order valence-electron chi connectivity index (χ3n) is 1.89. The van der Waals surface area contributed by atoms with Crippen LogP contribution in [0.1, 0.15) is 12.8 Å². The normalized spacial score (nSPS) is 21.8. The summed E-state index contributed by atoms with van der Waals surface area (Å²) in [6.45, 7) is 0.801. The first-order chi connectivity index (χ1) is 5.75. The van der Waals surface area contributed by atoms with E-state index < -0.39 is 0 Å². The van der Waals surface area contributed by atoms with Gasteiger partial charge in [0, 0.05) is 13.7 Å². The average Bonchev–Trinajstić information content (AvgIpc) is 2.55. The van der Waals surface area contributed by atoms with Crippen molar-refractivity contribution >= 4 is 5.91 Å². The fraction of sp³-hybridized carbons (Fsp3) is 0.750. The first kappa shape index (κ1) is 9.01. The molecule has 0 aromatic heterocycles. The SMILES string of the molecule is CN(CC#N)C(=O)C1CCCO1. The maximum Gasteiger partial charge on any atom is 0.252 e. The fourth-order valence-electron chi connectivity index (χ4n) is 1.20. The number of ether oxygens (including phenoxy) is 1. The average molecular weight is 168 g/mol. The van der Waals surface area contributed by atoms with Crippen LogP contribution in [0.3, 0.4) is 0 Å². The van der Waals surface area contributed by atoms with Crippen LogP contribution in [0.2, 0.25) is 0 Å². The van der Waals surface area contributed by atoms with E-state index in [2.05, 4.69) is 0 Å². The molecule has 0 spiro atoms. The Morgan fingerprint density at radius 2 is 2.58 bits per heavy atom. The summed E-state index contributed by atoms with van der Waals surface area (Å²) in [7, 11) is 1.62. The molecule has 1 unspecified atom stereocenters. The van der Waals surface area contributed by atoms with Gasteiger partial charge in [-0.05, 0) is 12.8 Å². The lowest BCUT2D eigenvalue weighted by Gasteiger charge is -2.16. The Hall–Kier alpha value is -1.08. The Labute approximate surface area is 71.7 Å². The molecular formula is C8H12N2O2. The Balaban J connectivity index is 2.41. The first-order valence-electron chi connectivity index (χ1n) is 3.99. The second-order valence-corrected chi connectivity index (χ2v) is 2.85. The molecule has 0 aromatic carbocycles. The molecule has 0 aliphatic carbocycles. The van der Waals surface area contributed by atoms with E-state index in [0.717, 1.165) is 12.8 Å². The molecule has 1 rings (SSSR count). The van der Waals surface area contributed by atoms with Gasteiger partial charge in [-0.15, -0.1) is 0 Å². The highest BCUT2D eigenvalue weighted by Crippen LogP contribution is 2.13. The highest BCUT2D eigenvalue weighted by Gasteiger charge is 2.25. The van der Waals surface area contributed by atoms with Gasteiger partial charge in [-0.1, -0.05) is 0 Å². The lowest BCUT2D eigenvalue weighted by atomic mass is 10.2. The van der Waals surface area contributed by atoms with Gasteiger partial charge in [0.2, 0.25) is 0 Å². The van der Waals surface area contributed by atoms with Crippen molar-refractivity contribution < 1.29 is 9.53 Å². The molecule has 1 fully saturated rings. The zero-order valence-electron chi connectivity index (χ0n) is 7.12. The van der Waals surface area contributed by atoms with Gasteiger partial charge in [0.05, 0.1) is 6.07 Å². The maximum atomic E-state index is 11.4. The Kier molecular flexibility index (Phi) is 3.06. The molecule has 0 bridgehead atoms. The van der Waals surface area contributed by atoms with Gasteiger partial charge in [-0.3, -0.25) is 4.79 Å². The van der Waals surface area contributed by atoms with Crippen molar-refractivity contribution in [3.05, 3.63) is 0 Å². The third kappa shape index (κ3) is 1.95. The molecule has 0 aromatic rings. The first-order valence-corrected chi connectivity index (χ1v) is 3.99. The smallest absolute Gasteiger partial charge is 0.252 e. The predicted octanol–water partition coefficient (Wildman–Crippen LogP) is 0.147. The van der Waals surface area contributed by atoms with Gasteiger partial charge < -0.3 is 9.64 Å². The standard InChI is InChI=1S/C8H12N2O2/c1-10(5-4-9)8(11)7-3-2-6-12-7/h7H,2-3,5-6H2,1H3. The van der Waals surface area contributed by atoms with E-state index in [-0.39, 0.29) is 18.6 Å². The molecule has 12 heavy (non-hydrogen) atoms. The van der Waals surface area contributed by atoms with Crippen LogP contribution in [0.5, 0.6) is 0 Å². The minimum absolute atomic E-state index is 0.0750. The summed E-state index contributed by atoms with van der Waals surface area (Å²) >= 11 is 0. The number of hydrogen-bond acceptors (Lipinski definition) is 3. The highest BCUT2D eigenvalue weighted by atomic mass is 16.5. The van der Waals surface area contributed by atoms with Gasteiger partial charge in [0.15, 0.2) is 0 Å². The molecule has 1 atom stereocenters. The molecule has 0 radical (unpaired) electrons. The van der Waals surface area contributed by atoms with Crippen molar-refractivity contribution in [3.63, 3.8) is 0 Å². The van der Waals surface area contributed by atoms with Crippen LogP contribution in [0, 0.1) is 11.3 Å². The van der Waals surface area contributed by atoms with Crippen molar-refractivity contribution in [2.24, 2.45) is 0 Å². The number of nitrogens with zero attached hydrogens (tertiary/aromatic N) is 2. The number of amides is 1. The quantitative estimate of drug-likeness (QED) is 0.551. The molecule has 66 valence electrons. The van der Waals surface area contributed by atoms with Crippen LogP contribution in [0.4, 0.5) is 0 Å². The second kappa shape index (κ2) is 4.07. The minimum atomic E-state index is -0.302. The van der Waals surface area contributed by atoms with Crippen molar-refractivity contribution in [1.29, 1.82) is 5.26 Å². The van der Waals surface area contributed by atoms with Crippen LogP contribution in [-0.2, 0) is 9.53 Å². The fourth-order valence-corrected chi connectivity index (χ4v) is 1.20. The molecule has 0 N–H and O–H groups in total. The molecular weight excluding hydrogens is 156 g/mol. The van der Waals surface area contributed by atoms with Crippen LogP contribution >= 0.6 is 0 Å². The van der Waals surface area contributed by atoms with E-state index in [9.17, 15) is 4.79 Å². The van der Waals surface area contributed by atoms with E-state index in [4.69, 9.17) is 10.00 Å². The number of carbonyl (C=O) groups is 1. The van der Waals surface area contributed by atoms with Gasteiger partial charge in [-0.25, -0.2) is 0 Å². The van der Waals surface area contributed by atoms with E-state index in [0.29, 0.717) is 6.61 Å². The summed E-state index contributed by atoms with van der Waals surface area (Å²) in [4.78, 5) is 12.8. The molecule has 0 saturated carbocycles. The zero-order chi connectivity index (χ0) is 8.97. The van der Waals surface area contributed by atoms with Crippen molar-refractivity contribution in [1.82, 2.24) is 4.90 Å². The minimum Gasteiger partial charge on any atom is -0.368 e. The van der Waals surface area contributed by atoms with E-state index >= 15 is 0 Å². The summed E-state index contributed by atoms with van der Waals surface area (Å²) in [5, 5.41) is 8.34. The largest absolute Gasteiger partial charge is 0.368 e. The topological polar surface area (TPSA) is 53.3 Å². The monoisotopic (exact) mass is 168 g/mol. The van der Waals surface area contributed by atoms with Crippen molar-refractivity contribution in [2.75, 3.05) is 20.2 Å². The Morgan fingerprint density at radius 3 is 3.08 bits per heavy atom. The van der Waals surface area contributed by atoms with Gasteiger partial charge in [0.1, 0.15) is 12.6 Å². The molecule has 1 heterocycles. The molecule has 1 aliphatic heterocycles. The molecule has 4 nitrogen and oxygen atoms in total. The predicted molar refractivity (Wildman–Crippen MR) is 42.2 cm³/mol. The van der Waals surface area contributed by atoms with E-state index in [1.165, 1.54) is 4.90 Å². The molecule has 1 saturated heterocycles. The highest BCUT2D eigenvalue weighted by molar-refractivity contribution is 5.81. The molecule has 4 heteroatoms. The maximum absolute atomic E-state index is 11.4. The van der Waals surface area contributed by atoms with Gasteiger partial charge in [0.25, 0.3) is 5.91 Å². The number of nitriles is 1. The summed E-state index contributed by atoms with van der Waals surface area (Å²) in [6, 6.07) is 1.92. The lowest BCUT2D eigenvalue weighted by molar-refractivity contribution is -0.138. The number of rotatable bonds is 2. The summed E-state index contributed by atoms with van der Waals surface area (Å²) in [5.41, 5.74) is 0. The van der Waals surface area contributed by atoms with E-state index in [1.807, 2.05) is 6.07 Å². The van der Waals surface area contributed by atoms with Gasteiger partial charge in [-0.2, -0.15) is 5.26 Å². The van der Waals surface area contributed by atoms with Crippen LogP contribution < -0.4 is 0 Å². The van der Waals surface area contributed by atoms with E-state index in [1.54, 1.807) is 7.05 Å². The lowest BCUT2D eigenvalue weighted by Crippen LogP contribution is -2.36. The summed E-state index contributed by atoms with van der Waals surface area (Å²) in [6.07, 6.45) is 1.43. The van der Waals surface area contributed by atoms with Crippen LogP contribution in [0.15, 0.2) is 0 Å². The number of likely N-dealkylation sites (N-methyl/N-ethyl adjacent to an activating group) is 1. The van der Waals surface area contributed by atoms with Crippen LogP contribution in [0.25, 0.3) is 0 Å². The Morgan fingerprint density at radius 1 is 1.83 bits per heavy atom. The molecule has 1 aliphatic rings. The van der Waals surface area contributed by atoms with Crippen LogP contribution in [-0.4, -0.2) is 37.1 Å².